The van der Waals surface area contributed by atoms with Crippen molar-refractivity contribution in [3.05, 3.63) is 29.8 Å². The first kappa shape index (κ1) is 18.0. The van der Waals surface area contributed by atoms with Gasteiger partial charge in [-0.1, -0.05) is 18.2 Å². The molecule has 0 saturated heterocycles. The largest absolute Gasteiger partial charge is 0.496 e. The number of amides is 1. The Morgan fingerprint density at radius 2 is 1.77 bits per heavy atom. The second-order valence-corrected chi connectivity index (χ2v) is 6.52. The van der Waals surface area contributed by atoms with Gasteiger partial charge in [-0.25, -0.2) is 0 Å². The van der Waals surface area contributed by atoms with Crippen LogP contribution in [0.3, 0.4) is 0 Å². The number of rotatable bonds is 7. The number of carbonyl (C=O) groups is 2. The molecule has 22 heavy (non-hydrogen) atoms. The van der Waals surface area contributed by atoms with Crippen LogP contribution in [0, 0.1) is 5.41 Å². The molecule has 0 bridgehead atoms. The van der Waals surface area contributed by atoms with E-state index in [-0.39, 0.29) is 5.91 Å². The molecule has 2 N–H and O–H groups in total. The zero-order chi connectivity index (χ0) is 17.0. The Bertz CT molecular complexity index is 549. The molecule has 0 aromatic heterocycles. The van der Waals surface area contributed by atoms with E-state index in [0.29, 0.717) is 18.7 Å². The van der Waals surface area contributed by atoms with E-state index in [1.165, 1.54) is 0 Å². The average molecular weight is 307 g/mol. The van der Waals surface area contributed by atoms with E-state index in [0.717, 1.165) is 5.56 Å². The number of nitrogens with one attached hydrogen (secondary N) is 1. The minimum atomic E-state index is -0.870. The van der Waals surface area contributed by atoms with Crippen LogP contribution in [-0.4, -0.2) is 30.6 Å². The summed E-state index contributed by atoms with van der Waals surface area (Å²) >= 11 is 0. The van der Waals surface area contributed by atoms with Gasteiger partial charge in [-0.05, 0) is 40.2 Å². The molecule has 0 spiro atoms. The van der Waals surface area contributed by atoms with Gasteiger partial charge in [-0.3, -0.25) is 9.59 Å². The lowest BCUT2D eigenvalue weighted by Gasteiger charge is -2.27. The maximum absolute atomic E-state index is 12.5. The van der Waals surface area contributed by atoms with Gasteiger partial charge in [0, 0.05) is 12.1 Å². The second-order valence-electron chi connectivity index (χ2n) is 6.52. The van der Waals surface area contributed by atoms with Gasteiger partial charge in [0.05, 0.1) is 17.9 Å². The minimum absolute atomic E-state index is 0.154. The summed E-state index contributed by atoms with van der Waals surface area (Å²) in [6.07, 6.45) is 0.371. The SMILES string of the molecule is COc1ccccc1C(C)(C)C(=O)NCCC(C)(C)C(=O)O. The molecule has 5 nitrogen and oxygen atoms in total. The number of ether oxygens (including phenoxy) is 1. The molecule has 122 valence electrons. The van der Waals surface area contributed by atoms with Gasteiger partial charge in [0.25, 0.3) is 0 Å². The summed E-state index contributed by atoms with van der Waals surface area (Å²) < 4.78 is 5.31. The number of benzene rings is 1. The molecule has 0 atom stereocenters. The summed E-state index contributed by atoms with van der Waals surface area (Å²) in [5.74, 6) is -0.363. The molecule has 5 heteroatoms. The summed E-state index contributed by atoms with van der Waals surface area (Å²) in [6.45, 7) is 7.25. The smallest absolute Gasteiger partial charge is 0.309 e. The molecule has 1 aromatic carbocycles. The lowest BCUT2D eigenvalue weighted by atomic mass is 9.82. The van der Waals surface area contributed by atoms with Crippen LogP contribution in [0.2, 0.25) is 0 Å². The van der Waals surface area contributed by atoms with Crippen LogP contribution >= 0.6 is 0 Å². The fourth-order valence-electron chi connectivity index (χ4n) is 2.10. The summed E-state index contributed by atoms with van der Waals surface area (Å²) in [5.41, 5.74) is -0.825. The highest BCUT2D eigenvalue weighted by Crippen LogP contribution is 2.31. The van der Waals surface area contributed by atoms with Gasteiger partial charge in [0.1, 0.15) is 5.75 Å². The molecule has 0 radical (unpaired) electrons. The van der Waals surface area contributed by atoms with Crippen molar-refractivity contribution >= 4 is 11.9 Å². The van der Waals surface area contributed by atoms with E-state index in [4.69, 9.17) is 9.84 Å². The Morgan fingerprint density at radius 3 is 2.32 bits per heavy atom. The maximum Gasteiger partial charge on any atom is 0.309 e. The van der Waals surface area contributed by atoms with Crippen molar-refractivity contribution in [2.75, 3.05) is 13.7 Å². The van der Waals surface area contributed by atoms with Crippen LogP contribution in [0.25, 0.3) is 0 Å². The highest BCUT2D eigenvalue weighted by Gasteiger charge is 2.33. The first-order valence-corrected chi connectivity index (χ1v) is 7.28. The van der Waals surface area contributed by atoms with Crippen LogP contribution in [0.15, 0.2) is 24.3 Å². The van der Waals surface area contributed by atoms with Crippen molar-refractivity contribution in [1.82, 2.24) is 5.32 Å². The molecule has 1 amide bonds. The summed E-state index contributed by atoms with van der Waals surface area (Å²) in [4.78, 5) is 23.5. The fraction of sp³-hybridized carbons (Fsp3) is 0.529. The van der Waals surface area contributed by atoms with E-state index in [2.05, 4.69) is 5.32 Å². The number of aliphatic carboxylic acids is 1. The molecule has 0 aliphatic carbocycles. The standard InChI is InChI=1S/C17H25NO4/c1-16(2,15(20)21)10-11-18-14(19)17(3,4)12-8-6-7-9-13(12)22-5/h6-9H,10-11H2,1-5H3,(H,18,19)(H,20,21). The number of hydrogen-bond acceptors (Lipinski definition) is 3. The Labute approximate surface area is 131 Å². The molecule has 0 heterocycles. The highest BCUT2D eigenvalue weighted by molar-refractivity contribution is 5.88. The normalized spacial score (nSPS) is 11.9. The van der Waals surface area contributed by atoms with Crippen LogP contribution < -0.4 is 10.1 Å². The third-order valence-electron chi connectivity index (χ3n) is 3.96. The first-order chi connectivity index (χ1) is 10.1. The average Bonchev–Trinajstić information content (AvgIpc) is 2.46. The number of carboxylic acid groups (broad SMARTS) is 1. The Morgan fingerprint density at radius 1 is 1.18 bits per heavy atom. The number of methoxy groups -OCH3 is 1. The van der Waals surface area contributed by atoms with E-state index in [1.807, 2.05) is 38.1 Å². The van der Waals surface area contributed by atoms with Crippen molar-refractivity contribution in [1.29, 1.82) is 0 Å². The van der Waals surface area contributed by atoms with Crippen LogP contribution in [0.4, 0.5) is 0 Å². The molecule has 1 rings (SSSR count). The van der Waals surface area contributed by atoms with Crippen molar-refractivity contribution < 1.29 is 19.4 Å². The molecule has 0 saturated carbocycles. The van der Waals surface area contributed by atoms with Gasteiger partial charge in [-0.2, -0.15) is 0 Å². The lowest BCUT2D eigenvalue weighted by Crippen LogP contribution is -2.42. The third kappa shape index (κ3) is 4.00. The Hall–Kier alpha value is -2.04. The van der Waals surface area contributed by atoms with E-state index in [9.17, 15) is 9.59 Å². The van der Waals surface area contributed by atoms with Gasteiger partial charge in [0.2, 0.25) is 5.91 Å². The van der Waals surface area contributed by atoms with Gasteiger partial charge >= 0.3 is 5.97 Å². The molecule has 1 aromatic rings. The molecule has 0 fully saturated rings. The second kappa shape index (κ2) is 6.81. The number of carbonyl (C=O) groups excluding carboxylic acids is 1. The predicted octanol–water partition coefficient (Wildman–Crippen LogP) is 2.59. The van der Waals surface area contributed by atoms with Gasteiger partial charge in [0.15, 0.2) is 0 Å². The van der Waals surface area contributed by atoms with Crippen molar-refractivity contribution in [2.24, 2.45) is 5.41 Å². The minimum Gasteiger partial charge on any atom is -0.496 e. The zero-order valence-electron chi connectivity index (χ0n) is 13.9. The number of carboxylic acids is 1. The van der Waals surface area contributed by atoms with Crippen molar-refractivity contribution in [3.63, 3.8) is 0 Å². The number of hydrogen-bond donors (Lipinski definition) is 2. The lowest BCUT2D eigenvalue weighted by molar-refractivity contribution is -0.147. The van der Waals surface area contributed by atoms with E-state index in [1.54, 1.807) is 21.0 Å². The quantitative estimate of drug-likeness (QED) is 0.812. The van der Waals surface area contributed by atoms with Crippen molar-refractivity contribution in [2.45, 2.75) is 39.5 Å². The van der Waals surface area contributed by atoms with E-state index >= 15 is 0 Å². The molecular formula is C17H25NO4. The van der Waals surface area contributed by atoms with Gasteiger partial charge in [-0.15, -0.1) is 0 Å². The third-order valence-corrected chi connectivity index (χ3v) is 3.96. The summed E-state index contributed by atoms with van der Waals surface area (Å²) in [6, 6.07) is 7.39. The summed E-state index contributed by atoms with van der Waals surface area (Å²) in [5, 5.41) is 11.9. The predicted molar refractivity (Wildman–Crippen MR) is 85.1 cm³/mol. The first-order valence-electron chi connectivity index (χ1n) is 7.28. The monoisotopic (exact) mass is 307 g/mol. The molecule has 0 aliphatic rings. The van der Waals surface area contributed by atoms with Crippen LogP contribution in [0.5, 0.6) is 5.75 Å². The van der Waals surface area contributed by atoms with Crippen molar-refractivity contribution in [3.8, 4) is 5.75 Å². The molecule has 0 unspecified atom stereocenters. The molecule has 0 aliphatic heterocycles. The van der Waals surface area contributed by atoms with Gasteiger partial charge < -0.3 is 15.2 Å². The Balaban J connectivity index is 2.77. The summed E-state index contributed by atoms with van der Waals surface area (Å²) in [7, 11) is 1.57. The van der Waals surface area contributed by atoms with Crippen LogP contribution in [0.1, 0.15) is 39.7 Å². The van der Waals surface area contributed by atoms with Crippen LogP contribution in [-0.2, 0) is 15.0 Å². The zero-order valence-corrected chi connectivity index (χ0v) is 13.9. The van der Waals surface area contributed by atoms with E-state index < -0.39 is 16.8 Å². The number of para-hydroxylation sites is 1. The fourth-order valence-corrected chi connectivity index (χ4v) is 2.10. The maximum atomic E-state index is 12.5. The topological polar surface area (TPSA) is 75.6 Å². The highest BCUT2D eigenvalue weighted by atomic mass is 16.5. The Kier molecular flexibility index (Phi) is 5.58. The molecular weight excluding hydrogens is 282 g/mol.